The van der Waals surface area contributed by atoms with Crippen molar-refractivity contribution in [1.29, 1.82) is 0 Å². The summed E-state index contributed by atoms with van der Waals surface area (Å²) in [5, 5.41) is 4.76. The zero-order valence-electron chi connectivity index (χ0n) is 13.6. The minimum absolute atomic E-state index is 0.0183. The number of carbonyl (C=O) groups is 2. The quantitative estimate of drug-likeness (QED) is 0.773. The number of hydrogen-bond acceptors (Lipinski definition) is 7. The number of ether oxygens (including phenoxy) is 3. The minimum atomic E-state index is -0.495. The highest BCUT2D eigenvalue weighted by molar-refractivity contribution is 7.13. The monoisotopic (exact) mass is 350 g/mol. The minimum Gasteiger partial charge on any atom is -0.493 e. The molecule has 1 N–H and O–H groups in total. The maximum absolute atomic E-state index is 12.1. The van der Waals surface area contributed by atoms with Gasteiger partial charge in [0.2, 0.25) is 5.91 Å². The van der Waals surface area contributed by atoms with Crippen LogP contribution >= 0.6 is 11.3 Å². The Labute approximate surface area is 143 Å². The summed E-state index contributed by atoms with van der Waals surface area (Å²) in [6.07, 6.45) is 0. The smallest absolute Gasteiger partial charge is 0.338 e. The molecule has 0 aliphatic carbocycles. The van der Waals surface area contributed by atoms with E-state index in [2.05, 4.69) is 10.3 Å². The molecule has 1 aromatic carbocycles. The second kappa shape index (κ2) is 8.30. The fourth-order valence-electron chi connectivity index (χ4n) is 1.87. The highest BCUT2D eigenvalue weighted by Crippen LogP contribution is 2.28. The van der Waals surface area contributed by atoms with Crippen LogP contribution in [-0.4, -0.2) is 30.6 Å². The van der Waals surface area contributed by atoms with Gasteiger partial charge < -0.3 is 19.5 Å². The van der Waals surface area contributed by atoms with E-state index in [1.807, 2.05) is 6.92 Å². The van der Waals surface area contributed by atoms with Gasteiger partial charge in [-0.3, -0.25) is 4.79 Å². The predicted molar refractivity (Wildman–Crippen MR) is 89.7 cm³/mol. The lowest BCUT2D eigenvalue weighted by Crippen LogP contribution is -2.07. The molecule has 0 bridgehead atoms. The van der Waals surface area contributed by atoms with Crippen LogP contribution in [0.3, 0.4) is 0 Å². The van der Waals surface area contributed by atoms with Gasteiger partial charge in [0, 0.05) is 12.3 Å². The van der Waals surface area contributed by atoms with E-state index < -0.39 is 5.97 Å². The Morgan fingerprint density at radius 2 is 2.08 bits per heavy atom. The lowest BCUT2D eigenvalue weighted by molar-refractivity contribution is -0.114. The van der Waals surface area contributed by atoms with Gasteiger partial charge in [-0.05, 0) is 25.1 Å². The Kier molecular flexibility index (Phi) is 6.14. The van der Waals surface area contributed by atoms with Gasteiger partial charge in [0.25, 0.3) is 0 Å². The van der Waals surface area contributed by atoms with Crippen molar-refractivity contribution >= 4 is 28.3 Å². The van der Waals surface area contributed by atoms with Crippen LogP contribution in [0, 0.1) is 0 Å². The molecule has 128 valence electrons. The Hall–Kier alpha value is -2.61. The van der Waals surface area contributed by atoms with Crippen molar-refractivity contribution in [3.8, 4) is 11.5 Å². The average molecular weight is 350 g/mol. The molecule has 7 nitrogen and oxygen atoms in total. The molecule has 0 fully saturated rings. The molecule has 24 heavy (non-hydrogen) atoms. The highest BCUT2D eigenvalue weighted by Gasteiger charge is 2.13. The summed E-state index contributed by atoms with van der Waals surface area (Å²) in [5.41, 5.74) is 0.919. The summed E-state index contributed by atoms with van der Waals surface area (Å²) >= 11 is 1.27. The number of esters is 1. The topological polar surface area (TPSA) is 86.8 Å². The van der Waals surface area contributed by atoms with E-state index in [1.165, 1.54) is 25.4 Å². The number of amides is 1. The van der Waals surface area contributed by atoms with Gasteiger partial charge in [-0.25, -0.2) is 9.78 Å². The summed E-state index contributed by atoms with van der Waals surface area (Å²) < 4.78 is 15.8. The molecular formula is C16H18N2O5S. The molecule has 2 rings (SSSR count). The number of rotatable bonds is 7. The number of nitrogens with zero attached hydrogens (tertiary/aromatic N) is 1. The Morgan fingerprint density at radius 3 is 2.75 bits per heavy atom. The number of benzene rings is 1. The zero-order valence-corrected chi connectivity index (χ0v) is 14.4. The molecule has 8 heteroatoms. The molecule has 2 aromatic rings. The average Bonchev–Trinajstić information content (AvgIpc) is 3.00. The van der Waals surface area contributed by atoms with E-state index in [4.69, 9.17) is 14.2 Å². The van der Waals surface area contributed by atoms with Gasteiger partial charge in [-0.2, -0.15) is 0 Å². The van der Waals surface area contributed by atoms with Crippen molar-refractivity contribution in [3.63, 3.8) is 0 Å². The SMILES string of the molecule is CCOc1ccc(C(=O)OCc2csc(NC(C)=O)n2)cc1OC. The largest absolute Gasteiger partial charge is 0.493 e. The zero-order chi connectivity index (χ0) is 17.5. The number of nitrogens with one attached hydrogen (secondary N) is 1. The predicted octanol–water partition coefficient (Wildman–Crippen LogP) is 2.87. The van der Waals surface area contributed by atoms with Gasteiger partial charge in [0.15, 0.2) is 16.6 Å². The summed E-state index contributed by atoms with van der Waals surface area (Å²) in [6.45, 7) is 3.79. The number of methoxy groups -OCH3 is 1. The fraction of sp³-hybridized carbons (Fsp3) is 0.312. The van der Waals surface area contributed by atoms with Crippen LogP contribution in [0.25, 0.3) is 0 Å². The standard InChI is InChI=1S/C16H18N2O5S/c1-4-22-13-6-5-11(7-14(13)21-3)15(20)23-8-12-9-24-16(18-12)17-10(2)19/h5-7,9H,4,8H2,1-3H3,(H,17,18,19). The van der Waals surface area contributed by atoms with Crippen molar-refractivity contribution in [1.82, 2.24) is 4.98 Å². The molecule has 1 aromatic heterocycles. The van der Waals surface area contributed by atoms with E-state index in [-0.39, 0.29) is 12.5 Å². The van der Waals surface area contributed by atoms with Gasteiger partial charge >= 0.3 is 5.97 Å². The molecule has 0 saturated heterocycles. The van der Waals surface area contributed by atoms with Gasteiger partial charge in [-0.15, -0.1) is 11.3 Å². The van der Waals surface area contributed by atoms with Crippen molar-refractivity contribution in [2.24, 2.45) is 0 Å². The number of carbonyl (C=O) groups excluding carboxylic acids is 2. The Bertz CT molecular complexity index is 729. The van der Waals surface area contributed by atoms with Crippen molar-refractivity contribution < 1.29 is 23.8 Å². The maximum atomic E-state index is 12.1. The van der Waals surface area contributed by atoms with Crippen LogP contribution in [0.4, 0.5) is 5.13 Å². The second-order valence-corrected chi connectivity index (χ2v) is 5.56. The first-order valence-corrected chi connectivity index (χ1v) is 8.11. The Morgan fingerprint density at radius 1 is 1.29 bits per heavy atom. The molecular weight excluding hydrogens is 332 g/mol. The lowest BCUT2D eigenvalue weighted by Gasteiger charge is -2.10. The van der Waals surface area contributed by atoms with Gasteiger partial charge in [0.05, 0.1) is 25.0 Å². The first-order chi connectivity index (χ1) is 11.5. The molecule has 1 amide bonds. The first kappa shape index (κ1) is 17.7. The third-order valence-corrected chi connectivity index (χ3v) is 3.69. The summed E-state index contributed by atoms with van der Waals surface area (Å²) in [6, 6.07) is 4.84. The van der Waals surface area contributed by atoms with Crippen molar-refractivity contribution in [2.45, 2.75) is 20.5 Å². The van der Waals surface area contributed by atoms with Gasteiger partial charge in [0.1, 0.15) is 6.61 Å². The van der Waals surface area contributed by atoms with Crippen LogP contribution in [0.1, 0.15) is 29.9 Å². The summed E-state index contributed by atoms with van der Waals surface area (Å²) in [7, 11) is 1.51. The molecule has 0 saturated carbocycles. The third kappa shape index (κ3) is 4.69. The molecule has 0 unspecified atom stereocenters. The summed E-state index contributed by atoms with van der Waals surface area (Å²) in [4.78, 5) is 27.2. The van der Waals surface area contributed by atoms with Crippen molar-refractivity contribution in [3.05, 3.63) is 34.8 Å². The van der Waals surface area contributed by atoms with Crippen molar-refractivity contribution in [2.75, 3.05) is 19.0 Å². The normalized spacial score (nSPS) is 10.1. The number of thiazole rings is 1. The number of hydrogen-bond donors (Lipinski definition) is 1. The van der Waals surface area contributed by atoms with Crippen LogP contribution in [0.2, 0.25) is 0 Å². The molecule has 0 spiro atoms. The maximum Gasteiger partial charge on any atom is 0.338 e. The third-order valence-electron chi connectivity index (χ3n) is 2.89. The molecule has 0 atom stereocenters. The van der Waals surface area contributed by atoms with Gasteiger partial charge in [-0.1, -0.05) is 0 Å². The van der Waals surface area contributed by atoms with E-state index in [0.717, 1.165) is 0 Å². The van der Waals surface area contributed by atoms with E-state index in [1.54, 1.807) is 23.6 Å². The number of anilines is 1. The van der Waals surface area contributed by atoms with Crippen LogP contribution in [-0.2, 0) is 16.1 Å². The molecule has 0 aliphatic heterocycles. The first-order valence-electron chi connectivity index (χ1n) is 7.23. The Balaban J connectivity index is 1.99. The van der Waals surface area contributed by atoms with Crippen LogP contribution in [0.5, 0.6) is 11.5 Å². The van der Waals surface area contributed by atoms with Crippen LogP contribution < -0.4 is 14.8 Å². The number of aromatic nitrogens is 1. The van der Waals surface area contributed by atoms with E-state index in [0.29, 0.717) is 34.5 Å². The molecule has 1 heterocycles. The van der Waals surface area contributed by atoms with E-state index in [9.17, 15) is 9.59 Å². The molecule has 0 radical (unpaired) electrons. The molecule has 0 aliphatic rings. The summed E-state index contributed by atoms with van der Waals surface area (Å²) in [5.74, 6) is 0.337. The lowest BCUT2D eigenvalue weighted by atomic mass is 10.2. The highest BCUT2D eigenvalue weighted by atomic mass is 32.1. The van der Waals surface area contributed by atoms with E-state index >= 15 is 0 Å². The van der Waals surface area contributed by atoms with Crippen LogP contribution in [0.15, 0.2) is 23.6 Å². The second-order valence-electron chi connectivity index (χ2n) is 4.70. The fourth-order valence-corrected chi connectivity index (χ4v) is 2.61.